The first-order chi connectivity index (χ1) is 11.3. The SMILES string of the molecule is Clc1ccc2ncc(-c3cncc(CCC4CCCN4)n3)n2c1. The van der Waals surface area contributed by atoms with Crippen LogP contribution >= 0.6 is 11.6 Å². The molecule has 1 atom stereocenters. The Morgan fingerprint density at radius 3 is 3.09 bits per heavy atom. The van der Waals surface area contributed by atoms with E-state index in [2.05, 4.69) is 15.3 Å². The van der Waals surface area contributed by atoms with Gasteiger partial charge in [0.15, 0.2) is 0 Å². The zero-order valence-corrected chi connectivity index (χ0v) is 13.5. The molecule has 0 amide bonds. The molecule has 6 heteroatoms. The molecule has 0 bridgehead atoms. The lowest BCUT2D eigenvalue weighted by molar-refractivity contribution is 0.555. The number of hydrogen-bond acceptors (Lipinski definition) is 4. The van der Waals surface area contributed by atoms with Crippen LogP contribution in [0.4, 0.5) is 0 Å². The molecule has 1 aliphatic heterocycles. The predicted octanol–water partition coefficient (Wildman–Crippen LogP) is 3.13. The van der Waals surface area contributed by atoms with E-state index < -0.39 is 0 Å². The van der Waals surface area contributed by atoms with E-state index in [-0.39, 0.29) is 0 Å². The van der Waals surface area contributed by atoms with Gasteiger partial charge in [0.2, 0.25) is 0 Å². The lowest BCUT2D eigenvalue weighted by Gasteiger charge is -2.09. The highest BCUT2D eigenvalue weighted by atomic mass is 35.5. The van der Waals surface area contributed by atoms with Crippen LogP contribution in [-0.4, -0.2) is 31.9 Å². The number of rotatable bonds is 4. The lowest BCUT2D eigenvalue weighted by Crippen LogP contribution is -2.21. The van der Waals surface area contributed by atoms with Gasteiger partial charge < -0.3 is 5.32 Å². The normalized spacial score (nSPS) is 17.9. The smallest absolute Gasteiger partial charge is 0.137 e. The quantitative estimate of drug-likeness (QED) is 0.800. The summed E-state index contributed by atoms with van der Waals surface area (Å²) in [6, 6.07) is 4.36. The number of aryl methyl sites for hydroxylation is 1. The molecule has 3 aromatic heterocycles. The highest BCUT2D eigenvalue weighted by molar-refractivity contribution is 6.30. The van der Waals surface area contributed by atoms with Crippen molar-refractivity contribution in [1.82, 2.24) is 24.7 Å². The third kappa shape index (κ3) is 3.07. The zero-order valence-electron chi connectivity index (χ0n) is 12.7. The fraction of sp³-hybridized carbons (Fsp3) is 0.353. The Morgan fingerprint density at radius 1 is 1.26 bits per heavy atom. The molecule has 0 radical (unpaired) electrons. The summed E-state index contributed by atoms with van der Waals surface area (Å²) in [4.78, 5) is 13.5. The van der Waals surface area contributed by atoms with Gasteiger partial charge in [-0.25, -0.2) is 9.97 Å². The Balaban J connectivity index is 1.60. The highest BCUT2D eigenvalue weighted by Gasteiger charge is 2.14. The van der Waals surface area contributed by atoms with Crippen molar-refractivity contribution in [3.8, 4) is 11.4 Å². The summed E-state index contributed by atoms with van der Waals surface area (Å²) in [7, 11) is 0. The minimum Gasteiger partial charge on any atom is -0.314 e. The maximum absolute atomic E-state index is 6.10. The van der Waals surface area contributed by atoms with Gasteiger partial charge in [0.05, 0.1) is 28.8 Å². The van der Waals surface area contributed by atoms with E-state index in [1.165, 1.54) is 12.8 Å². The molecule has 5 nitrogen and oxygen atoms in total. The van der Waals surface area contributed by atoms with Gasteiger partial charge in [0.1, 0.15) is 11.3 Å². The molecule has 0 aromatic carbocycles. The third-order valence-electron chi connectivity index (χ3n) is 4.33. The van der Waals surface area contributed by atoms with E-state index in [9.17, 15) is 0 Å². The zero-order chi connectivity index (χ0) is 15.6. The molecule has 118 valence electrons. The van der Waals surface area contributed by atoms with Crippen LogP contribution in [0.5, 0.6) is 0 Å². The second-order valence-electron chi connectivity index (χ2n) is 5.95. The Hall–Kier alpha value is -1.98. The van der Waals surface area contributed by atoms with E-state index in [4.69, 9.17) is 16.6 Å². The number of nitrogens with one attached hydrogen (secondary N) is 1. The van der Waals surface area contributed by atoms with Gasteiger partial charge in [-0.2, -0.15) is 0 Å². The summed E-state index contributed by atoms with van der Waals surface area (Å²) in [5.41, 5.74) is 3.62. The maximum atomic E-state index is 6.10. The number of hydrogen-bond donors (Lipinski definition) is 1. The summed E-state index contributed by atoms with van der Waals surface area (Å²) in [6.45, 7) is 1.14. The first-order valence-electron chi connectivity index (χ1n) is 7.97. The number of pyridine rings is 1. The molecule has 0 saturated carbocycles. The molecule has 0 aliphatic carbocycles. The number of imidazole rings is 1. The van der Waals surface area contributed by atoms with Crippen molar-refractivity contribution in [2.45, 2.75) is 31.7 Å². The Morgan fingerprint density at radius 2 is 2.22 bits per heavy atom. The molecule has 4 rings (SSSR count). The van der Waals surface area contributed by atoms with Crippen LogP contribution in [0, 0.1) is 0 Å². The molecule has 23 heavy (non-hydrogen) atoms. The number of fused-ring (bicyclic) bond motifs is 1. The molecule has 1 fully saturated rings. The first-order valence-corrected chi connectivity index (χ1v) is 8.35. The van der Waals surface area contributed by atoms with Crippen molar-refractivity contribution in [2.24, 2.45) is 0 Å². The van der Waals surface area contributed by atoms with Gasteiger partial charge in [-0.3, -0.25) is 9.38 Å². The molecule has 0 spiro atoms. The maximum Gasteiger partial charge on any atom is 0.137 e. The van der Waals surface area contributed by atoms with E-state index in [0.717, 1.165) is 42.1 Å². The van der Waals surface area contributed by atoms with E-state index >= 15 is 0 Å². The molecular formula is C17H18ClN5. The van der Waals surface area contributed by atoms with Crippen molar-refractivity contribution < 1.29 is 0 Å². The average molecular weight is 328 g/mol. The van der Waals surface area contributed by atoms with E-state index in [1.807, 2.05) is 35.1 Å². The first kappa shape index (κ1) is 14.6. The van der Waals surface area contributed by atoms with Gasteiger partial charge >= 0.3 is 0 Å². The predicted molar refractivity (Wildman–Crippen MR) is 90.6 cm³/mol. The average Bonchev–Trinajstić information content (AvgIpc) is 3.22. The second kappa shape index (κ2) is 6.26. The summed E-state index contributed by atoms with van der Waals surface area (Å²) >= 11 is 6.10. The van der Waals surface area contributed by atoms with Crippen molar-refractivity contribution in [1.29, 1.82) is 0 Å². The minimum atomic E-state index is 0.620. The number of nitrogens with zero attached hydrogens (tertiary/aromatic N) is 4. The third-order valence-corrected chi connectivity index (χ3v) is 4.55. The van der Waals surface area contributed by atoms with Crippen LogP contribution in [0.2, 0.25) is 5.02 Å². The molecular weight excluding hydrogens is 310 g/mol. The Bertz CT molecular complexity index is 823. The summed E-state index contributed by atoms with van der Waals surface area (Å²) < 4.78 is 1.95. The molecule has 1 aliphatic rings. The topological polar surface area (TPSA) is 55.1 Å². The number of halogens is 1. The minimum absolute atomic E-state index is 0.620. The fourth-order valence-electron chi connectivity index (χ4n) is 3.12. The highest BCUT2D eigenvalue weighted by Crippen LogP contribution is 2.21. The molecule has 3 aromatic rings. The van der Waals surface area contributed by atoms with Gasteiger partial charge in [-0.05, 0) is 44.4 Å². The van der Waals surface area contributed by atoms with Crippen molar-refractivity contribution in [3.05, 3.63) is 47.6 Å². The van der Waals surface area contributed by atoms with Crippen LogP contribution in [0.3, 0.4) is 0 Å². The second-order valence-corrected chi connectivity index (χ2v) is 6.38. The van der Waals surface area contributed by atoms with Gasteiger partial charge in [0, 0.05) is 18.4 Å². The summed E-state index contributed by atoms with van der Waals surface area (Å²) in [5.74, 6) is 0. The van der Waals surface area contributed by atoms with E-state index in [1.54, 1.807) is 6.20 Å². The van der Waals surface area contributed by atoms with Crippen LogP contribution in [-0.2, 0) is 6.42 Å². The van der Waals surface area contributed by atoms with Crippen LogP contribution < -0.4 is 5.32 Å². The van der Waals surface area contributed by atoms with Gasteiger partial charge in [0.25, 0.3) is 0 Å². The van der Waals surface area contributed by atoms with Crippen LogP contribution in [0.15, 0.2) is 36.9 Å². The lowest BCUT2D eigenvalue weighted by atomic mass is 10.1. The molecule has 1 saturated heterocycles. The Kier molecular flexibility index (Phi) is 3.97. The van der Waals surface area contributed by atoms with Crippen molar-refractivity contribution >= 4 is 17.2 Å². The summed E-state index contributed by atoms with van der Waals surface area (Å²) in [5, 5.41) is 4.20. The fourth-order valence-corrected chi connectivity index (χ4v) is 3.28. The largest absolute Gasteiger partial charge is 0.314 e. The Labute approximate surface area is 139 Å². The van der Waals surface area contributed by atoms with Gasteiger partial charge in [-0.1, -0.05) is 11.6 Å². The van der Waals surface area contributed by atoms with Crippen molar-refractivity contribution in [2.75, 3.05) is 6.54 Å². The van der Waals surface area contributed by atoms with Crippen LogP contribution in [0.1, 0.15) is 25.0 Å². The van der Waals surface area contributed by atoms with Crippen molar-refractivity contribution in [3.63, 3.8) is 0 Å². The monoisotopic (exact) mass is 327 g/mol. The molecule has 1 unspecified atom stereocenters. The van der Waals surface area contributed by atoms with Crippen LogP contribution in [0.25, 0.3) is 17.0 Å². The molecule has 1 N–H and O–H groups in total. The van der Waals surface area contributed by atoms with Gasteiger partial charge in [-0.15, -0.1) is 0 Å². The molecule has 4 heterocycles. The standard InChI is InChI=1S/C17H18ClN5/c18-12-3-6-17-21-10-16(23(17)11-12)15-9-19-8-14(22-15)5-4-13-2-1-7-20-13/h3,6,8-11,13,20H,1-2,4-5,7H2. The summed E-state index contributed by atoms with van der Waals surface area (Å²) in [6.07, 6.45) is 11.9. The van der Waals surface area contributed by atoms with E-state index in [0.29, 0.717) is 11.1 Å². The number of aromatic nitrogens is 4.